The quantitative estimate of drug-likeness (QED) is 0.573. The fourth-order valence-electron chi connectivity index (χ4n) is 1.82. The molecular weight excluding hydrogens is 386 g/mol. The number of ether oxygens (including phenoxy) is 2. The summed E-state index contributed by atoms with van der Waals surface area (Å²) in [4.78, 5) is 27.4. The van der Waals surface area contributed by atoms with E-state index in [1.807, 2.05) is 0 Å². The van der Waals surface area contributed by atoms with Crippen LogP contribution in [0.5, 0.6) is 11.6 Å². The number of pyridine rings is 1. The van der Waals surface area contributed by atoms with Gasteiger partial charge in [0.1, 0.15) is 11.6 Å². The highest BCUT2D eigenvalue weighted by Gasteiger charge is 2.28. The Hall–Kier alpha value is -3.37. The first-order valence-corrected chi connectivity index (χ1v) is 7.82. The summed E-state index contributed by atoms with van der Waals surface area (Å²) in [6.45, 7) is -0.0905. The summed E-state index contributed by atoms with van der Waals surface area (Å²) in [5.74, 6) is -1.94. The van der Waals surface area contributed by atoms with Crippen molar-refractivity contribution in [3.05, 3.63) is 54.0 Å². The maximum Gasteiger partial charge on any atom is 0.422 e. The van der Waals surface area contributed by atoms with Crippen molar-refractivity contribution in [2.24, 2.45) is 0 Å². The number of amides is 2. The van der Waals surface area contributed by atoms with Crippen molar-refractivity contribution in [3.8, 4) is 11.6 Å². The van der Waals surface area contributed by atoms with Gasteiger partial charge in [0.25, 0.3) is 11.8 Å². The Morgan fingerprint density at radius 1 is 1.11 bits per heavy atom. The zero-order valence-corrected chi connectivity index (χ0v) is 14.4. The number of alkyl halides is 3. The van der Waals surface area contributed by atoms with E-state index in [-0.39, 0.29) is 17.2 Å². The van der Waals surface area contributed by atoms with Crippen LogP contribution >= 0.6 is 0 Å². The molecule has 2 N–H and O–H groups in total. The molecule has 0 aliphatic heterocycles. The van der Waals surface area contributed by atoms with Crippen molar-refractivity contribution in [1.29, 1.82) is 0 Å². The number of hydrogen-bond acceptors (Lipinski definition) is 5. The summed E-state index contributed by atoms with van der Waals surface area (Å²) < 4.78 is 58.7. The van der Waals surface area contributed by atoms with Crippen molar-refractivity contribution in [1.82, 2.24) is 15.8 Å². The third kappa shape index (κ3) is 6.74. The maximum atomic E-state index is 12.8. The summed E-state index contributed by atoms with van der Waals surface area (Å²) in [6.07, 6.45) is -4.51. The fourth-order valence-corrected chi connectivity index (χ4v) is 1.82. The number of nitrogens with one attached hydrogen (secondary N) is 2. The largest absolute Gasteiger partial charge is 0.481 e. The first-order chi connectivity index (χ1) is 13.1. The number of hydrogen-bond donors (Lipinski definition) is 2. The van der Waals surface area contributed by atoms with Crippen LogP contribution in [0.4, 0.5) is 17.6 Å². The molecule has 7 nitrogen and oxygen atoms in total. The molecule has 0 fully saturated rings. The lowest BCUT2D eigenvalue weighted by Crippen LogP contribution is -2.47. The Morgan fingerprint density at radius 3 is 2.36 bits per heavy atom. The number of rotatable bonds is 6. The van der Waals surface area contributed by atoms with Gasteiger partial charge < -0.3 is 9.47 Å². The van der Waals surface area contributed by atoms with Gasteiger partial charge >= 0.3 is 6.18 Å². The molecule has 1 heterocycles. The van der Waals surface area contributed by atoms with Crippen LogP contribution < -0.4 is 20.3 Å². The van der Waals surface area contributed by atoms with Crippen LogP contribution in [-0.2, 0) is 4.79 Å². The molecule has 0 saturated carbocycles. The normalized spacial score (nSPS) is 12.0. The predicted molar refractivity (Wildman–Crippen MR) is 87.9 cm³/mol. The molecule has 1 aromatic heterocycles. The average Bonchev–Trinajstić information content (AvgIpc) is 2.65. The number of aromatic nitrogens is 1. The topological polar surface area (TPSA) is 89.6 Å². The number of halogens is 4. The highest BCUT2D eigenvalue weighted by atomic mass is 19.4. The standard InChI is InChI=1S/C17H15F4N3O4/c1-10(28-13-5-3-12(18)4-6-13)15(25)23-24-16(26)11-2-7-14(22-8-11)27-9-17(19,20)21/h2-8,10H,9H2,1H3,(H,23,25)(H,24,26). The Kier molecular flexibility index (Phi) is 6.74. The maximum absolute atomic E-state index is 12.8. The van der Waals surface area contributed by atoms with Crippen LogP contribution in [0.2, 0.25) is 0 Å². The van der Waals surface area contributed by atoms with Gasteiger partial charge in [0.05, 0.1) is 5.56 Å². The molecule has 0 aliphatic carbocycles. The molecule has 2 rings (SSSR count). The van der Waals surface area contributed by atoms with Gasteiger partial charge in [-0.2, -0.15) is 13.2 Å². The molecule has 1 aromatic carbocycles. The van der Waals surface area contributed by atoms with Crippen LogP contribution in [0, 0.1) is 5.82 Å². The van der Waals surface area contributed by atoms with Crippen LogP contribution in [0.1, 0.15) is 17.3 Å². The average molecular weight is 401 g/mol. The number of benzene rings is 1. The minimum Gasteiger partial charge on any atom is -0.481 e. The Morgan fingerprint density at radius 2 is 1.79 bits per heavy atom. The van der Waals surface area contributed by atoms with Gasteiger partial charge in [0.2, 0.25) is 5.88 Å². The fraction of sp³-hybridized carbons (Fsp3) is 0.235. The SMILES string of the molecule is CC(Oc1ccc(F)cc1)C(=O)NNC(=O)c1ccc(OCC(F)(F)F)nc1. The lowest BCUT2D eigenvalue weighted by atomic mass is 10.3. The molecule has 2 amide bonds. The van der Waals surface area contributed by atoms with Gasteiger partial charge in [-0.25, -0.2) is 9.37 Å². The Labute approximate surface area is 156 Å². The number of nitrogens with zero attached hydrogens (tertiary/aromatic N) is 1. The highest BCUT2D eigenvalue weighted by molar-refractivity contribution is 5.95. The van der Waals surface area contributed by atoms with E-state index in [2.05, 4.69) is 20.6 Å². The smallest absolute Gasteiger partial charge is 0.422 e. The van der Waals surface area contributed by atoms with E-state index in [1.165, 1.54) is 25.1 Å². The van der Waals surface area contributed by atoms with E-state index < -0.39 is 36.5 Å². The van der Waals surface area contributed by atoms with E-state index in [4.69, 9.17) is 4.74 Å². The van der Waals surface area contributed by atoms with Gasteiger partial charge in [0.15, 0.2) is 12.7 Å². The van der Waals surface area contributed by atoms with Gasteiger partial charge in [-0.05, 0) is 37.3 Å². The molecule has 11 heteroatoms. The molecule has 0 aliphatic rings. The molecule has 2 aromatic rings. The van der Waals surface area contributed by atoms with Crippen molar-refractivity contribution >= 4 is 11.8 Å². The minimum absolute atomic E-state index is 0.0215. The summed E-state index contributed by atoms with van der Waals surface area (Å²) in [5.41, 5.74) is 4.22. The predicted octanol–water partition coefficient (Wildman–Crippen LogP) is 2.39. The second kappa shape index (κ2) is 9.02. The van der Waals surface area contributed by atoms with Crippen molar-refractivity contribution < 1.29 is 36.6 Å². The monoisotopic (exact) mass is 401 g/mol. The summed E-state index contributed by atoms with van der Waals surface area (Å²) in [5, 5.41) is 0. The molecule has 0 saturated heterocycles. The third-order valence-corrected chi connectivity index (χ3v) is 3.18. The molecule has 28 heavy (non-hydrogen) atoms. The van der Waals surface area contributed by atoms with Crippen molar-refractivity contribution in [3.63, 3.8) is 0 Å². The van der Waals surface area contributed by atoms with E-state index >= 15 is 0 Å². The lowest BCUT2D eigenvalue weighted by molar-refractivity contribution is -0.154. The van der Waals surface area contributed by atoms with E-state index in [9.17, 15) is 27.2 Å². The molecule has 150 valence electrons. The molecule has 0 spiro atoms. The van der Waals surface area contributed by atoms with Gasteiger partial charge in [-0.3, -0.25) is 20.4 Å². The lowest BCUT2D eigenvalue weighted by Gasteiger charge is -2.15. The molecule has 1 unspecified atom stereocenters. The summed E-state index contributed by atoms with van der Waals surface area (Å²) in [6, 6.07) is 7.27. The van der Waals surface area contributed by atoms with Gasteiger partial charge in [-0.1, -0.05) is 0 Å². The number of carbonyl (C=O) groups excluding carboxylic acids is 2. The number of hydrazine groups is 1. The van der Waals surface area contributed by atoms with E-state index in [0.29, 0.717) is 0 Å². The van der Waals surface area contributed by atoms with Crippen LogP contribution in [-0.4, -0.2) is 35.7 Å². The molecular formula is C17H15F4N3O4. The second-order valence-corrected chi connectivity index (χ2v) is 5.45. The van der Waals surface area contributed by atoms with Gasteiger partial charge in [0, 0.05) is 12.3 Å². The van der Waals surface area contributed by atoms with E-state index in [1.54, 1.807) is 0 Å². The zero-order chi connectivity index (χ0) is 20.7. The summed E-state index contributed by atoms with van der Waals surface area (Å²) in [7, 11) is 0. The first-order valence-electron chi connectivity index (χ1n) is 7.82. The Balaban J connectivity index is 1.82. The van der Waals surface area contributed by atoms with Gasteiger partial charge in [-0.15, -0.1) is 0 Å². The molecule has 0 bridgehead atoms. The Bertz CT molecular complexity index is 811. The molecule has 0 radical (unpaired) electrons. The van der Waals surface area contributed by atoms with Crippen molar-refractivity contribution in [2.45, 2.75) is 19.2 Å². The van der Waals surface area contributed by atoms with Crippen molar-refractivity contribution in [2.75, 3.05) is 6.61 Å². The second-order valence-electron chi connectivity index (χ2n) is 5.45. The van der Waals surface area contributed by atoms with Crippen LogP contribution in [0.15, 0.2) is 42.6 Å². The number of carbonyl (C=O) groups is 2. The third-order valence-electron chi connectivity index (χ3n) is 3.18. The first kappa shape index (κ1) is 20.9. The summed E-state index contributed by atoms with van der Waals surface area (Å²) >= 11 is 0. The molecule has 1 atom stereocenters. The van der Waals surface area contributed by atoms with E-state index in [0.717, 1.165) is 24.4 Å². The minimum atomic E-state index is -4.51. The highest BCUT2D eigenvalue weighted by Crippen LogP contribution is 2.17. The van der Waals surface area contributed by atoms with Crippen LogP contribution in [0.3, 0.4) is 0 Å². The van der Waals surface area contributed by atoms with Crippen LogP contribution in [0.25, 0.3) is 0 Å². The zero-order valence-electron chi connectivity index (χ0n) is 14.4.